The van der Waals surface area contributed by atoms with Gasteiger partial charge in [0.1, 0.15) is 0 Å². The molecule has 2 heterocycles. The van der Waals surface area contributed by atoms with Gasteiger partial charge in [-0.1, -0.05) is 12.1 Å². The van der Waals surface area contributed by atoms with Crippen molar-refractivity contribution in [3.05, 3.63) is 53.6 Å². The van der Waals surface area contributed by atoms with Gasteiger partial charge in [-0.2, -0.15) is 4.31 Å². The third-order valence-corrected chi connectivity index (χ3v) is 8.55. The number of sulfonamides is 1. The molecule has 0 atom stereocenters. The molecule has 1 fully saturated rings. The lowest BCUT2D eigenvalue weighted by Gasteiger charge is -2.38. The first-order valence-electron chi connectivity index (χ1n) is 11.1. The molecule has 8 nitrogen and oxygen atoms in total. The van der Waals surface area contributed by atoms with Crippen molar-refractivity contribution in [3.63, 3.8) is 0 Å². The number of carbonyl (C=O) groups excluding carboxylic acids is 1. The Morgan fingerprint density at radius 3 is 2.55 bits per heavy atom. The fraction of sp³-hybridized carbons (Fsp3) is 0.458. The van der Waals surface area contributed by atoms with Gasteiger partial charge in [0.2, 0.25) is 16.8 Å². The molecule has 1 N–H and O–H groups in total. The second kappa shape index (κ2) is 9.32. The molecule has 4 rings (SSSR count). The summed E-state index contributed by atoms with van der Waals surface area (Å²) < 4.78 is 43.5. The molecule has 33 heavy (non-hydrogen) atoms. The smallest absolute Gasteiger partial charge is 0.251 e. The second-order valence-electron chi connectivity index (χ2n) is 8.79. The van der Waals surface area contributed by atoms with Crippen LogP contribution in [0.3, 0.4) is 0 Å². The number of nitrogens with zero attached hydrogens (tertiary/aromatic N) is 1. The fourth-order valence-corrected chi connectivity index (χ4v) is 5.56. The zero-order valence-electron chi connectivity index (χ0n) is 19.2. The van der Waals surface area contributed by atoms with Crippen molar-refractivity contribution in [3.8, 4) is 11.5 Å². The van der Waals surface area contributed by atoms with Crippen molar-refractivity contribution in [2.45, 2.75) is 43.0 Å². The summed E-state index contributed by atoms with van der Waals surface area (Å²) in [5.74, 6) is 1.11. The summed E-state index contributed by atoms with van der Waals surface area (Å²) in [5, 5.41) is 3.03. The average molecular weight is 475 g/mol. The Morgan fingerprint density at radius 1 is 1.09 bits per heavy atom. The SMILES string of the molecule is CC(C)N(C)S(=O)(=O)c1cccc(C(=O)NCC2(c3ccc4c(c3)OCO4)CCOCC2)c1. The Hall–Kier alpha value is -2.62. The first-order valence-corrected chi connectivity index (χ1v) is 12.5. The summed E-state index contributed by atoms with van der Waals surface area (Å²) in [4.78, 5) is 13.1. The van der Waals surface area contributed by atoms with E-state index in [0.717, 1.165) is 24.2 Å². The van der Waals surface area contributed by atoms with E-state index in [1.807, 2.05) is 18.2 Å². The zero-order chi connectivity index (χ0) is 23.6. The van der Waals surface area contributed by atoms with Crippen molar-refractivity contribution >= 4 is 15.9 Å². The van der Waals surface area contributed by atoms with E-state index in [4.69, 9.17) is 14.2 Å². The van der Waals surface area contributed by atoms with E-state index in [0.29, 0.717) is 31.1 Å². The molecule has 0 aromatic heterocycles. The molecule has 0 aliphatic carbocycles. The van der Waals surface area contributed by atoms with Gasteiger partial charge in [-0.3, -0.25) is 4.79 Å². The molecule has 178 valence electrons. The number of nitrogens with one attached hydrogen (secondary N) is 1. The quantitative estimate of drug-likeness (QED) is 0.663. The van der Waals surface area contributed by atoms with Crippen molar-refractivity contribution in [1.82, 2.24) is 9.62 Å². The van der Waals surface area contributed by atoms with E-state index in [1.165, 1.54) is 23.5 Å². The van der Waals surface area contributed by atoms with Crippen LogP contribution in [0.2, 0.25) is 0 Å². The fourth-order valence-electron chi connectivity index (χ4n) is 4.15. The predicted molar refractivity (Wildman–Crippen MR) is 123 cm³/mol. The maximum atomic E-state index is 13.0. The molecule has 0 radical (unpaired) electrons. The summed E-state index contributed by atoms with van der Waals surface area (Å²) >= 11 is 0. The monoisotopic (exact) mass is 474 g/mol. The highest BCUT2D eigenvalue weighted by molar-refractivity contribution is 7.89. The van der Waals surface area contributed by atoms with Gasteiger partial charge in [0.05, 0.1) is 4.90 Å². The zero-order valence-corrected chi connectivity index (χ0v) is 20.0. The Bertz CT molecular complexity index is 1130. The normalized spacial score (nSPS) is 17.4. The lowest BCUT2D eigenvalue weighted by atomic mass is 9.74. The van der Waals surface area contributed by atoms with Crippen molar-refractivity contribution in [1.29, 1.82) is 0 Å². The molecule has 0 unspecified atom stereocenters. The number of hydrogen-bond acceptors (Lipinski definition) is 6. The summed E-state index contributed by atoms with van der Waals surface area (Å²) in [6.45, 7) is 5.41. The second-order valence-corrected chi connectivity index (χ2v) is 10.8. The van der Waals surface area contributed by atoms with Gasteiger partial charge in [0.25, 0.3) is 5.91 Å². The van der Waals surface area contributed by atoms with Gasteiger partial charge >= 0.3 is 0 Å². The van der Waals surface area contributed by atoms with Gasteiger partial charge < -0.3 is 19.5 Å². The number of fused-ring (bicyclic) bond motifs is 1. The van der Waals surface area contributed by atoms with Crippen molar-refractivity contribution in [2.75, 3.05) is 33.6 Å². The Kier molecular flexibility index (Phi) is 6.65. The molecule has 1 amide bonds. The highest BCUT2D eigenvalue weighted by Crippen LogP contribution is 2.40. The Morgan fingerprint density at radius 2 is 1.82 bits per heavy atom. The molecule has 0 spiro atoms. The van der Waals surface area contributed by atoms with E-state index < -0.39 is 10.0 Å². The standard InChI is InChI=1S/C24H30N2O6S/c1-17(2)26(3)33(28,29)20-6-4-5-18(13-20)23(27)25-15-24(9-11-30-12-10-24)19-7-8-21-22(14-19)32-16-31-21/h4-8,13-14,17H,9-12,15-16H2,1-3H3,(H,25,27). The van der Waals surface area contributed by atoms with Crippen LogP contribution in [0.15, 0.2) is 47.4 Å². The highest BCUT2D eigenvalue weighted by Gasteiger charge is 2.36. The van der Waals surface area contributed by atoms with Crippen LogP contribution in [0.4, 0.5) is 0 Å². The first kappa shape index (κ1) is 23.5. The molecule has 1 saturated heterocycles. The van der Waals surface area contributed by atoms with Crippen LogP contribution < -0.4 is 14.8 Å². The average Bonchev–Trinajstić information content (AvgIpc) is 3.30. The maximum Gasteiger partial charge on any atom is 0.251 e. The maximum absolute atomic E-state index is 13.0. The van der Waals surface area contributed by atoms with Crippen molar-refractivity contribution < 1.29 is 27.4 Å². The Labute approximate surface area is 194 Å². The lowest BCUT2D eigenvalue weighted by molar-refractivity contribution is 0.0486. The van der Waals surface area contributed by atoms with Gasteiger partial charge in [-0.15, -0.1) is 0 Å². The van der Waals surface area contributed by atoms with E-state index in [9.17, 15) is 13.2 Å². The largest absolute Gasteiger partial charge is 0.454 e. The lowest BCUT2D eigenvalue weighted by Crippen LogP contribution is -2.44. The number of carbonyl (C=O) groups is 1. The topological polar surface area (TPSA) is 94.2 Å². The third-order valence-electron chi connectivity index (χ3n) is 6.52. The molecule has 2 aliphatic heterocycles. The minimum Gasteiger partial charge on any atom is -0.454 e. The van der Waals surface area contributed by atoms with Gasteiger partial charge in [0.15, 0.2) is 11.5 Å². The van der Waals surface area contributed by atoms with Crippen LogP contribution in [0.25, 0.3) is 0 Å². The number of benzene rings is 2. The molecule has 2 aromatic rings. The first-order chi connectivity index (χ1) is 15.7. The van der Waals surface area contributed by atoms with Crippen LogP contribution in [-0.2, 0) is 20.2 Å². The van der Waals surface area contributed by atoms with E-state index >= 15 is 0 Å². The molecule has 0 saturated carbocycles. The van der Waals surface area contributed by atoms with E-state index in [-0.39, 0.29) is 29.1 Å². The molecule has 2 aliphatic rings. The number of ether oxygens (including phenoxy) is 3. The van der Waals surface area contributed by atoms with E-state index in [1.54, 1.807) is 26.0 Å². The minimum atomic E-state index is -3.68. The molecular weight excluding hydrogens is 444 g/mol. The van der Waals surface area contributed by atoms with Gasteiger partial charge in [-0.05, 0) is 62.6 Å². The minimum absolute atomic E-state index is 0.0999. The van der Waals surface area contributed by atoms with E-state index in [2.05, 4.69) is 5.32 Å². The highest BCUT2D eigenvalue weighted by atomic mass is 32.2. The van der Waals surface area contributed by atoms with Crippen LogP contribution in [0.5, 0.6) is 11.5 Å². The molecule has 2 aromatic carbocycles. The summed E-state index contributed by atoms with van der Waals surface area (Å²) in [6.07, 6.45) is 1.50. The predicted octanol–water partition coefficient (Wildman–Crippen LogP) is 2.92. The van der Waals surface area contributed by atoms with Crippen LogP contribution in [0.1, 0.15) is 42.6 Å². The van der Waals surface area contributed by atoms with Crippen LogP contribution in [0, 0.1) is 0 Å². The third kappa shape index (κ3) is 4.71. The van der Waals surface area contributed by atoms with Crippen molar-refractivity contribution in [2.24, 2.45) is 0 Å². The molecular formula is C24H30N2O6S. The summed E-state index contributed by atoms with van der Waals surface area (Å²) in [5.41, 5.74) is 1.06. The van der Waals surface area contributed by atoms with Crippen LogP contribution in [-0.4, -0.2) is 58.3 Å². The van der Waals surface area contributed by atoms with Gasteiger partial charge in [0, 0.05) is 43.8 Å². The number of amides is 1. The van der Waals surface area contributed by atoms with Gasteiger partial charge in [-0.25, -0.2) is 8.42 Å². The number of rotatable bonds is 7. The number of hydrogen-bond donors (Lipinski definition) is 1. The molecule has 9 heteroatoms. The summed E-state index contributed by atoms with van der Waals surface area (Å²) in [7, 11) is -2.14. The summed E-state index contributed by atoms with van der Waals surface area (Å²) in [6, 6.07) is 11.9. The molecule has 0 bridgehead atoms. The Balaban J connectivity index is 1.54. The van der Waals surface area contributed by atoms with Crippen LogP contribution >= 0.6 is 0 Å².